The van der Waals surface area contributed by atoms with Crippen molar-refractivity contribution in [3.8, 4) is 0 Å². The third-order valence-electron chi connectivity index (χ3n) is 4.93. The Morgan fingerprint density at radius 1 is 1.08 bits per heavy atom. The quantitative estimate of drug-likeness (QED) is 0.241. The lowest BCUT2D eigenvalue weighted by atomic mass is 10.1. The van der Waals surface area contributed by atoms with Gasteiger partial charge in [-0.3, -0.25) is 18.5 Å². The Labute approximate surface area is 208 Å². The van der Waals surface area contributed by atoms with Crippen molar-refractivity contribution in [2.24, 2.45) is 0 Å². The predicted octanol–water partition coefficient (Wildman–Crippen LogP) is 0.410. The van der Waals surface area contributed by atoms with Crippen LogP contribution >= 0.6 is 31.6 Å². The van der Waals surface area contributed by atoms with Crippen LogP contribution in [0.2, 0.25) is 0 Å². The van der Waals surface area contributed by atoms with E-state index in [4.69, 9.17) is 14.5 Å². The molecule has 0 saturated carbocycles. The maximum Gasteiger partial charge on any atom is 0.481 e. The highest BCUT2D eigenvalue weighted by atomic mass is 79.9. The Balaban J connectivity index is 1.88. The zero-order valence-corrected chi connectivity index (χ0v) is 21.1. The number of alkyl halides is 2. The molecule has 0 spiro atoms. The molecular weight excluding hydrogens is 604 g/mol. The first-order valence-corrected chi connectivity index (χ1v) is 13.5. The fraction of sp³-hybridized carbons (Fsp3) is 0.412. The Hall–Kier alpha value is -1.62. The van der Waals surface area contributed by atoms with Crippen LogP contribution in [0.25, 0.3) is 0 Å². The zero-order valence-electron chi connectivity index (χ0n) is 17.7. The highest BCUT2D eigenvalue weighted by Crippen LogP contribution is 2.57. The van der Waals surface area contributed by atoms with Gasteiger partial charge in [0.25, 0.3) is 11.5 Å². The van der Waals surface area contributed by atoms with E-state index in [-0.39, 0.29) is 9.04 Å². The average molecular weight is 623 g/mol. The lowest BCUT2D eigenvalue weighted by molar-refractivity contribution is -0.0570. The largest absolute Gasteiger partial charge is 0.481 e. The summed E-state index contributed by atoms with van der Waals surface area (Å²) in [6.45, 7) is -2.43. The van der Waals surface area contributed by atoms with Gasteiger partial charge in [-0.1, -0.05) is 30.3 Å². The Bertz CT molecular complexity index is 1320. The van der Waals surface area contributed by atoms with Gasteiger partial charge in [-0.05, 0) is 15.9 Å². The smallest absolute Gasteiger partial charge is 0.387 e. The van der Waals surface area contributed by atoms with Crippen LogP contribution in [-0.4, -0.2) is 58.9 Å². The van der Waals surface area contributed by atoms with Gasteiger partial charge in [-0.15, -0.1) is 0 Å². The first kappa shape index (κ1) is 28.9. The number of aromatic nitrogens is 2. The van der Waals surface area contributed by atoms with E-state index in [9.17, 15) is 42.6 Å². The summed E-state index contributed by atoms with van der Waals surface area (Å²) in [6, 6.07) is 6.38. The molecule has 1 aliphatic heterocycles. The van der Waals surface area contributed by atoms with Crippen LogP contribution in [0.1, 0.15) is 11.8 Å². The molecule has 1 aromatic heterocycles. The molecule has 1 saturated heterocycles. The molecule has 5 atom stereocenters. The molecule has 1 aromatic carbocycles. The number of hydrogen-bond donors (Lipinski definition) is 5. The lowest BCUT2D eigenvalue weighted by Crippen LogP contribution is -2.46. The number of ether oxygens (including phenoxy) is 1. The Kier molecular flexibility index (Phi) is 8.55. The summed E-state index contributed by atoms with van der Waals surface area (Å²) in [6.07, 6.45) is -6.41. The number of hydrogen-bond acceptors (Lipinski definition) is 9. The Morgan fingerprint density at radius 2 is 1.69 bits per heavy atom. The third-order valence-corrected chi connectivity index (χ3v) is 7.63. The molecule has 1 aliphatic rings. The summed E-state index contributed by atoms with van der Waals surface area (Å²) in [7, 11) is -10.8. The average Bonchev–Trinajstić information content (AvgIpc) is 3.05. The van der Waals surface area contributed by atoms with Crippen molar-refractivity contribution in [1.82, 2.24) is 9.13 Å². The predicted molar refractivity (Wildman–Crippen MR) is 118 cm³/mol. The minimum atomic E-state index is -5.43. The summed E-state index contributed by atoms with van der Waals surface area (Å²) >= 11 is 2.85. The first-order valence-electron chi connectivity index (χ1n) is 9.73. The van der Waals surface area contributed by atoms with Crippen LogP contribution in [0.4, 0.5) is 8.78 Å². The third kappa shape index (κ3) is 6.62. The number of rotatable bonds is 9. The molecule has 14 nitrogen and oxygen atoms in total. The molecule has 0 bridgehead atoms. The van der Waals surface area contributed by atoms with Gasteiger partial charge >= 0.3 is 21.3 Å². The second-order valence-corrected chi connectivity index (χ2v) is 11.2. The van der Waals surface area contributed by atoms with Crippen LogP contribution in [0.5, 0.6) is 0 Å². The van der Waals surface area contributed by atoms with E-state index in [0.29, 0.717) is 4.57 Å². The van der Waals surface area contributed by atoms with Gasteiger partial charge in [0.15, 0.2) is 6.23 Å². The zero-order chi connectivity index (χ0) is 27.1. The van der Waals surface area contributed by atoms with Crippen LogP contribution in [0.3, 0.4) is 0 Å². The second kappa shape index (κ2) is 10.6. The van der Waals surface area contributed by atoms with Gasteiger partial charge < -0.3 is 29.6 Å². The van der Waals surface area contributed by atoms with E-state index in [1.807, 2.05) is 0 Å². The molecule has 0 aliphatic carbocycles. The molecule has 200 valence electrons. The van der Waals surface area contributed by atoms with E-state index < -0.39 is 76.1 Å². The standard InChI is InChI=1S/C17H19BrF2N2O12P2/c18-10-6-21(16(26)22(14(10)25)8-17(19,20)9-4-2-1-3-5-9)15-13(24)12(23)11(33-15)7-32-36(30,31)34-35(27,28)29/h1-6,11-13,15,23-24H,7-8H2,(H,30,31)(H2,27,28,29)/t11-,12+,13?,15-/m1/s1. The number of aliphatic hydroxyl groups excluding tert-OH is 2. The molecule has 2 unspecified atom stereocenters. The van der Waals surface area contributed by atoms with Crippen LogP contribution in [-0.2, 0) is 35.2 Å². The maximum atomic E-state index is 14.8. The first-order chi connectivity index (χ1) is 16.5. The SMILES string of the molecule is O=c1c(Br)cn([C@@H]2O[C@H](COP(=O)(O)OP(=O)(O)O)[C@H](O)C2O)c(=O)n1CC(F)(F)c1ccccc1. The van der Waals surface area contributed by atoms with Crippen molar-refractivity contribution < 1.29 is 56.4 Å². The molecule has 0 amide bonds. The minimum absolute atomic E-state index is 0.194. The van der Waals surface area contributed by atoms with Crippen molar-refractivity contribution in [1.29, 1.82) is 0 Å². The van der Waals surface area contributed by atoms with E-state index in [1.165, 1.54) is 18.2 Å². The Morgan fingerprint density at radius 3 is 2.28 bits per heavy atom. The number of nitrogens with zero attached hydrogens (tertiary/aromatic N) is 2. The number of benzene rings is 1. The van der Waals surface area contributed by atoms with E-state index in [1.54, 1.807) is 0 Å². The van der Waals surface area contributed by atoms with Crippen molar-refractivity contribution in [3.63, 3.8) is 0 Å². The maximum absolute atomic E-state index is 14.8. The highest BCUT2D eigenvalue weighted by molar-refractivity contribution is 9.10. The number of phosphoric ester groups is 1. The molecule has 0 radical (unpaired) electrons. The summed E-state index contributed by atoms with van der Waals surface area (Å²) in [5, 5.41) is 20.6. The number of phosphoric acid groups is 2. The highest BCUT2D eigenvalue weighted by Gasteiger charge is 2.46. The van der Waals surface area contributed by atoms with Gasteiger partial charge in [0.05, 0.1) is 17.6 Å². The number of halogens is 3. The summed E-state index contributed by atoms with van der Waals surface area (Å²) in [4.78, 5) is 52.0. The van der Waals surface area contributed by atoms with Crippen molar-refractivity contribution in [2.45, 2.75) is 37.0 Å². The van der Waals surface area contributed by atoms with E-state index in [2.05, 4.69) is 24.8 Å². The van der Waals surface area contributed by atoms with Crippen LogP contribution in [0, 0.1) is 0 Å². The monoisotopic (exact) mass is 622 g/mol. The van der Waals surface area contributed by atoms with Crippen molar-refractivity contribution >= 4 is 31.6 Å². The lowest BCUT2D eigenvalue weighted by Gasteiger charge is -2.22. The van der Waals surface area contributed by atoms with Crippen LogP contribution in [0.15, 0.2) is 50.6 Å². The topological polar surface area (TPSA) is 207 Å². The van der Waals surface area contributed by atoms with E-state index in [0.717, 1.165) is 18.3 Å². The van der Waals surface area contributed by atoms with E-state index >= 15 is 0 Å². The van der Waals surface area contributed by atoms with Gasteiger partial charge in [-0.25, -0.2) is 13.9 Å². The normalized spacial score (nSPS) is 24.6. The van der Waals surface area contributed by atoms with Gasteiger partial charge in [0.2, 0.25) is 0 Å². The number of aliphatic hydroxyl groups is 2. The molecular formula is C17H19BrF2N2O12P2. The second-order valence-electron chi connectivity index (χ2n) is 7.51. The molecule has 36 heavy (non-hydrogen) atoms. The van der Waals surface area contributed by atoms with Crippen molar-refractivity contribution in [3.05, 3.63) is 67.4 Å². The fourth-order valence-electron chi connectivity index (χ4n) is 3.30. The van der Waals surface area contributed by atoms with Gasteiger partial charge in [-0.2, -0.15) is 13.1 Å². The van der Waals surface area contributed by atoms with Gasteiger partial charge in [0.1, 0.15) is 18.3 Å². The van der Waals surface area contributed by atoms with Crippen LogP contribution < -0.4 is 11.2 Å². The molecule has 3 rings (SSSR count). The molecule has 5 N–H and O–H groups in total. The molecule has 2 aromatic rings. The molecule has 19 heteroatoms. The summed E-state index contributed by atoms with van der Waals surface area (Å²) in [5.41, 5.74) is -2.93. The van der Waals surface area contributed by atoms with Gasteiger partial charge in [0, 0.05) is 11.8 Å². The summed E-state index contributed by atoms with van der Waals surface area (Å²) < 4.78 is 65.5. The van der Waals surface area contributed by atoms with Crippen molar-refractivity contribution in [2.75, 3.05) is 6.61 Å². The minimum Gasteiger partial charge on any atom is -0.387 e. The molecule has 1 fully saturated rings. The summed E-state index contributed by atoms with van der Waals surface area (Å²) in [5.74, 6) is -3.66. The fourth-order valence-corrected chi connectivity index (χ4v) is 5.34. The molecule has 2 heterocycles.